The van der Waals surface area contributed by atoms with Gasteiger partial charge in [-0.2, -0.15) is 0 Å². The SMILES string of the molecule is COc1ccc(C(C[N+](=O)[O-])SCC(=O)O)cc1. The first kappa shape index (κ1) is 14.3. The molecule has 1 aromatic carbocycles. The fourth-order valence-corrected chi connectivity index (χ4v) is 2.30. The van der Waals surface area contributed by atoms with E-state index in [1.165, 1.54) is 7.11 Å². The molecule has 0 aliphatic carbocycles. The second-order valence-corrected chi connectivity index (χ2v) is 4.67. The van der Waals surface area contributed by atoms with Gasteiger partial charge in [-0.05, 0) is 17.7 Å². The molecule has 1 unspecified atom stereocenters. The van der Waals surface area contributed by atoms with Crippen LogP contribution in [0.25, 0.3) is 0 Å². The van der Waals surface area contributed by atoms with Crippen molar-refractivity contribution in [2.45, 2.75) is 5.25 Å². The van der Waals surface area contributed by atoms with Crippen molar-refractivity contribution in [3.63, 3.8) is 0 Å². The molecule has 0 fully saturated rings. The number of ether oxygens (including phenoxy) is 1. The van der Waals surface area contributed by atoms with E-state index in [0.29, 0.717) is 5.75 Å². The minimum atomic E-state index is -0.984. The molecule has 0 bridgehead atoms. The Labute approximate surface area is 108 Å². The van der Waals surface area contributed by atoms with Crippen LogP contribution in [-0.4, -0.2) is 35.4 Å². The van der Waals surface area contributed by atoms with E-state index in [4.69, 9.17) is 9.84 Å². The van der Waals surface area contributed by atoms with Crippen molar-refractivity contribution in [1.82, 2.24) is 0 Å². The fourth-order valence-electron chi connectivity index (χ4n) is 1.38. The molecule has 18 heavy (non-hydrogen) atoms. The lowest BCUT2D eigenvalue weighted by molar-refractivity contribution is -0.479. The van der Waals surface area contributed by atoms with E-state index in [0.717, 1.165) is 17.3 Å². The zero-order chi connectivity index (χ0) is 13.5. The second kappa shape index (κ2) is 6.85. The highest BCUT2D eigenvalue weighted by molar-refractivity contribution is 8.00. The zero-order valence-electron chi connectivity index (χ0n) is 9.74. The maximum Gasteiger partial charge on any atom is 0.313 e. The molecule has 1 atom stereocenters. The van der Waals surface area contributed by atoms with E-state index in [2.05, 4.69) is 0 Å². The Bertz CT molecular complexity index is 420. The molecule has 1 N–H and O–H groups in total. The number of aliphatic carboxylic acids is 1. The van der Waals surface area contributed by atoms with E-state index >= 15 is 0 Å². The minimum Gasteiger partial charge on any atom is -0.497 e. The number of hydrogen-bond donors (Lipinski definition) is 1. The lowest BCUT2D eigenvalue weighted by Crippen LogP contribution is -2.12. The van der Waals surface area contributed by atoms with Crippen molar-refractivity contribution in [2.75, 3.05) is 19.4 Å². The maximum absolute atomic E-state index is 10.6. The van der Waals surface area contributed by atoms with Gasteiger partial charge in [-0.3, -0.25) is 14.9 Å². The van der Waals surface area contributed by atoms with Gasteiger partial charge in [0, 0.05) is 4.92 Å². The quantitative estimate of drug-likeness (QED) is 0.601. The summed E-state index contributed by atoms with van der Waals surface area (Å²) in [5.74, 6) is -0.492. The van der Waals surface area contributed by atoms with E-state index in [1.54, 1.807) is 24.3 Å². The standard InChI is InChI=1S/C11H13NO5S/c1-17-9-4-2-8(3-5-9)10(6-12(15)16)18-7-11(13)14/h2-5,10H,6-7H2,1H3,(H,13,14). The van der Waals surface area contributed by atoms with Gasteiger partial charge in [0.2, 0.25) is 6.54 Å². The van der Waals surface area contributed by atoms with Gasteiger partial charge in [-0.25, -0.2) is 0 Å². The van der Waals surface area contributed by atoms with E-state index in [1.807, 2.05) is 0 Å². The molecule has 6 nitrogen and oxygen atoms in total. The molecule has 0 spiro atoms. The summed E-state index contributed by atoms with van der Waals surface area (Å²) in [7, 11) is 1.53. The van der Waals surface area contributed by atoms with E-state index < -0.39 is 16.1 Å². The number of rotatable bonds is 7. The average Bonchev–Trinajstić information content (AvgIpc) is 2.34. The van der Waals surface area contributed by atoms with Crippen molar-refractivity contribution in [3.05, 3.63) is 39.9 Å². The number of nitrogens with zero attached hydrogens (tertiary/aromatic N) is 1. The van der Waals surface area contributed by atoms with Gasteiger partial charge in [0.05, 0.1) is 18.1 Å². The third kappa shape index (κ3) is 4.62. The summed E-state index contributed by atoms with van der Waals surface area (Å²) in [5, 5.41) is 18.7. The third-order valence-corrected chi connectivity index (χ3v) is 3.45. The molecule has 1 aromatic rings. The number of benzene rings is 1. The highest BCUT2D eigenvalue weighted by Gasteiger charge is 2.19. The molecule has 0 aromatic heterocycles. The van der Waals surface area contributed by atoms with Gasteiger partial charge in [0.15, 0.2) is 0 Å². The van der Waals surface area contributed by atoms with Crippen LogP contribution in [0.5, 0.6) is 5.75 Å². The fraction of sp³-hybridized carbons (Fsp3) is 0.364. The van der Waals surface area contributed by atoms with Gasteiger partial charge in [-0.1, -0.05) is 12.1 Å². The Morgan fingerprint density at radius 1 is 1.50 bits per heavy atom. The first-order valence-corrected chi connectivity index (χ1v) is 6.17. The Morgan fingerprint density at radius 2 is 2.11 bits per heavy atom. The van der Waals surface area contributed by atoms with Crippen LogP contribution in [0.2, 0.25) is 0 Å². The van der Waals surface area contributed by atoms with Crippen LogP contribution in [0, 0.1) is 10.1 Å². The van der Waals surface area contributed by atoms with Crippen molar-refractivity contribution < 1.29 is 19.6 Å². The molecular weight excluding hydrogens is 258 g/mol. The predicted octanol–water partition coefficient (Wildman–Crippen LogP) is 1.83. The van der Waals surface area contributed by atoms with Gasteiger partial charge in [-0.15, -0.1) is 11.8 Å². The molecular formula is C11H13NO5S. The van der Waals surface area contributed by atoms with Crippen LogP contribution in [-0.2, 0) is 4.79 Å². The number of nitro groups is 1. The largest absolute Gasteiger partial charge is 0.497 e. The third-order valence-electron chi connectivity index (χ3n) is 2.21. The molecule has 0 saturated carbocycles. The molecule has 98 valence electrons. The Morgan fingerprint density at radius 3 is 2.56 bits per heavy atom. The monoisotopic (exact) mass is 271 g/mol. The number of methoxy groups -OCH3 is 1. The summed E-state index contributed by atoms with van der Waals surface area (Å²) < 4.78 is 4.99. The van der Waals surface area contributed by atoms with E-state index in [9.17, 15) is 14.9 Å². The number of carboxylic acid groups (broad SMARTS) is 1. The number of thioether (sulfide) groups is 1. The van der Waals surface area contributed by atoms with Gasteiger partial charge >= 0.3 is 5.97 Å². The summed E-state index contributed by atoms with van der Waals surface area (Å²) in [4.78, 5) is 20.6. The van der Waals surface area contributed by atoms with Crippen LogP contribution in [0.1, 0.15) is 10.8 Å². The molecule has 0 heterocycles. The molecule has 0 amide bonds. The first-order valence-electron chi connectivity index (χ1n) is 5.12. The smallest absolute Gasteiger partial charge is 0.313 e. The summed E-state index contributed by atoms with van der Waals surface area (Å²) in [6.45, 7) is -0.301. The molecule has 0 radical (unpaired) electrons. The highest BCUT2D eigenvalue weighted by Crippen LogP contribution is 2.30. The summed E-state index contributed by atoms with van der Waals surface area (Å²) >= 11 is 1.04. The number of hydrogen-bond acceptors (Lipinski definition) is 5. The second-order valence-electron chi connectivity index (χ2n) is 3.48. The van der Waals surface area contributed by atoms with Crippen LogP contribution < -0.4 is 4.74 Å². The summed E-state index contributed by atoms with van der Waals surface area (Å²) in [6, 6.07) is 6.82. The van der Waals surface area contributed by atoms with Crippen LogP contribution in [0.15, 0.2) is 24.3 Å². The molecule has 0 aliphatic heterocycles. The number of carboxylic acids is 1. The molecule has 0 aliphatic rings. The normalized spacial score (nSPS) is 11.8. The minimum absolute atomic E-state index is 0.162. The number of carbonyl (C=O) groups is 1. The zero-order valence-corrected chi connectivity index (χ0v) is 10.6. The lowest BCUT2D eigenvalue weighted by atomic mass is 10.1. The van der Waals surface area contributed by atoms with Crippen molar-refractivity contribution in [2.24, 2.45) is 0 Å². The van der Waals surface area contributed by atoms with Gasteiger partial charge in [0.25, 0.3) is 0 Å². The van der Waals surface area contributed by atoms with Crippen molar-refractivity contribution >= 4 is 17.7 Å². The molecule has 1 rings (SSSR count). The predicted molar refractivity (Wildman–Crippen MR) is 67.7 cm³/mol. The average molecular weight is 271 g/mol. The maximum atomic E-state index is 10.6. The van der Waals surface area contributed by atoms with Crippen LogP contribution in [0.4, 0.5) is 0 Å². The molecule has 0 saturated heterocycles. The highest BCUT2D eigenvalue weighted by atomic mass is 32.2. The van der Waals surface area contributed by atoms with Crippen molar-refractivity contribution in [3.8, 4) is 5.75 Å². The Kier molecular flexibility index (Phi) is 5.44. The van der Waals surface area contributed by atoms with Crippen LogP contribution in [0.3, 0.4) is 0 Å². The topological polar surface area (TPSA) is 89.7 Å². The van der Waals surface area contributed by atoms with Crippen LogP contribution >= 0.6 is 11.8 Å². The Hall–Kier alpha value is -1.76. The summed E-state index contributed by atoms with van der Waals surface area (Å²) in [5.41, 5.74) is 0.721. The lowest BCUT2D eigenvalue weighted by Gasteiger charge is -2.12. The Balaban J connectivity index is 2.79. The van der Waals surface area contributed by atoms with Gasteiger partial charge in [0.1, 0.15) is 5.75 Å². The van der Waals surface area contributed by atoms with Crippen molar-refractivity contribution in [1.29, 1.82) is 0 Å². The summed E-state index contributed by atoms with van der Waals surface area (Å²) in [6.07, 6.45) is 0. The van der Waals surface area contributed by atoms with Gasteiger partial charge < -0.3 is 9.84 Å². The van der Waals surface area contributed by atoms with E-state index in [-0.39, 0.29) is 12.3 Å². The molecule has 7 heteroatoms. The first-order chi connectivity index (χ1) is 8.52.